The van der Waals surface area contributed by atoms with E-state index in [2.05, 4.69) is 5.10 Å². The predicted molar refractivity (Wildman–Crippen MR) is 161 cm³/mol. The van der Waals surface area contributed by atoms with Crippen LogP contribution in [-0.2, 0) is 26.9 Å². The number of morpholine rings is 1. The number of sulfonamides is 1. The van der Waals surface area contributed by atoms with Gasteiger partial charge in [-0.15, -0.1) is 0 Å². The van der Waals surface area contributed by atoms with E-state index in [-0.39, 0.29) is 28.7 Å². The lowest BCUT2D eigenvalue weighted by Crippen LogP contribution is -2.41. The molecular weight excluding hydrogens is 571 g/mol. The number of anilines is 1. The Kier molecular flexibility index (Phi) is 7.63. The average molecular weight is 603 g/mol. The Morgan fingerprint density at radius 1 is 1.07 bits per heavy atom. The van der Waals surface area contributed by atoms with Gasteiger partial charge in [0.25, 0.3) is 0 Å². The molecule has 0 radical (unpaired) electrons. The fourth-order valence-electron chi connectivity index (χ4n) is 5.45. The number of fused-ring (bicyclic) bond motifs is 1. The third-order valence-corrected chi connectivity index (χ3v) is 9.64. The number of aryl methyl sites for hydroxylation is 2. The van der Waals surface area contributed by atoms with E-state index in [0.717, 1.165) is 27.8 Å². The number of hydrogen-bond donors (Lipinski definition) is 1. The van der Waals surface area contributed by atoms with E-state index in [1.165, 1.54) is 21.3 Å². The van der Waals surface area contributed by atoms with Crippen molar-refractivity contribution in [2.75, 3.05) is 32.0 Å². The molecule has 0 atom stereocenters. The van der Waals surface area contributed by atoms with Crippen LogP contribution < -0.4 is 10.5 Å². The molecule has 0 unspecified atom stereocenters. The van der Waals surface area contributed by atoms with Gasteiger partial charge in [0.2, 0.25) is 10.0 Å². The van der Waals surface area contributed by atoms with Crippen LogP contribution in [0.15, 0.2) is 66.4 Å². The lowest BCUT2D eigenvalue weighted by Gasteiger charge is -2.26. The molecule has 1 aliphatic heterocycles. The van der Waals surface area contributed by atoms with E-state index in [9.17, 15) is 17.6 Å². The van der Waals surface area contributed by atoms with E-state index >= 15 is 0 Å². The van der Waals surface area contributed by atoms with Crippen molar-refractivity contribution in [3.05, 3.63) is 106 Å². The number of rotatable bonds is 8. The normalized spacial score (nSPS) is 15.3. The molecule has 2 aliphatic rings. The number of ketones is 1. The quantitative estimate of drug-likeness (QED) is 0.283. The number of carbonyl (C=O) groups excluding carboxylic acids is 1. The molecule has 4 aromatic rings. The molecule has 6 rings (SSSR count). The van der Waals surface area contributed by atoms with Crippen LogP contribution >= 0.6 is 0 Å². The first-order valence-corrected chi connectivity index (χ1v) is 15.5. The maximum absolute atomic E-state index is 14.0. The first-order chi connectivity index (χ1) is 20.6. The Bertz CT molecular complexity index is 1880. The molecule has 0 saturated carbocycles. The molecule has 3 aromatic carbocycles. The highest BCUT2D eigenvalue weighted by molar-refractivity contribution is 7.88. The lowest BCUT2D eigenvalue weighted by atomic mass is 10.0. The number of Topliss-reactive ketones (excluding diaryl/α,β-unsaturated/α-hetero) is 1. The minimum Gasteiger partial charge on any atom is -0.454 e. The van der Waals surface area contributed by atoms with Gasteiger partial charge in [-0.3, -0.25) is 4.79 Å². The molecule has 2 heterocycles. The molecule has 1 aliphatic carbocycles. The van der Waals surface area contributed by atoms with Crippen LogP contribution in [0.1, 0.15) is 38.2 Å². The zero-order chi connectivity index (χ0) is 30.3. The second kappa shape index (κ2) is 11.4. The number of ether oxygens (including phenoxy) is 2. The van der Waals surface area contributed by atoms with Crippen molar-refractivity contribution in [2.24, 2.45) is 0 Å². The van der Waals surface area contributed by atoms with Crippen molar-refractivity contribution in [3.8, 4) is 17.2 Å². The highest BCUT2D eigenvalue weighted by Gasteiger charge is 2.28. The van der Waals surface area contributed by atoms with Crippen LogP contribution in [0.3, 0.4) is 0 Å². The third kappa shape index (κ3) is 5.71. The summed E-state index contributed by atoms with van der Waals surface area (Å²) < 4.78 is 54.0. The predicted octanol–water partition coefficient (Wildman–Crippen LogP) is 4.99. The molecule has 1 saturated heterocycles. The number of carbonyl (C=O) groups is 1. The van der Waals surface area contributed by atoms with E-state index in [1.54, 1.807) is 36.4 Å². The fraction of sp³-hybridized carbons (Fsp3) is 0.250. The Hall–Kier alpha value is -4.32. The summed E-state index contributed by atoms with van der Waals surface area (Å²) in [6.45, 7) is 5.23. The van der Waals surface area contributed by atoms with Gasteiger partial charge in [0, 0.05) is 25.1 Å². The fourth-order valence-corrected chi connectivity index (χ4v) is 7.04. The topological polar surface area (TPSA) is 117 Å². The number of nitrogens with zero attached hydrogens (tertiary/aromatic N) is 3. The van der Waals surface area contributed by atoms with Gasteiger partial charge in [0.05, 0.1) is 36.4 Å². The van der Waals surface area contributed by atoms with Gasteiger partial charge in [0.1, 0.15) is 11.6 Å². The van der Waals surface area contributed by atoms with Gasteiger partial charge < -0.3 is 15.2 Å². The Morgan fingerprint density at radius 3 is 2.58 bits per heavy atom. The number of allylic oxidation sites excluding steroid dienone is 1. The molecule has 1 aromatic heterocycles. The van der Waals surface area contributed by atoms with Crippen molar-refractivity contribution in [3.63, 3.8) is 0 Å². The van der Waals surface area contributed by atoms with Crippen molar-refractivity contribution in [2.45, 2.75) is 26.0 Å². The molecular formula is C32H31FN4O5S. The zero-order valence-corrected chi connectivity index (χ0v) is 24.7. The van der Waals surface area contributed by atoms with E-state index in [1.807, 2.05) is 32.1 Å². The van der Waals surface area contributed by atoms with Gasteiger partial charge in [-0.1, -0.05) is 24.3 Å². The molecule has 2 N–H and O–H groups in total. The number of benzene rings is 3. The smallest absolute Gasteiger partial charge is 0.218 e. The number of hydrogen-bond acceptors (Lipinski definition) is 7. The summed E-state index contributed by atoms with van der Waals surface area (Å²) in [5.74, 6) is -0.0314. The summed E-state index contributed by atoms with van der Waals surface area (Å²) in [4.78, 5) is 13.6. The number of halogens is 1. The molecule has 1 fully saturated rings. The maximum atomic E-state index is 14.0. The number of nitrogens with two attached hydrogens (primary N) is 1. The van der Waals surface area contributed by atoms with Gasteiger partial charge in [-0.2, -0.15) is 9.40 Å². The zero-order valence-electron chi connectivity index (χ0n) is 23.8. The van der Waals surface area contributed by atoms with E-state index in [4.69, 9.17) is 15.2 Å². The number of nitrogen functional groups attached to an aromatic ring is 1. The first-order valence-electron chi connectivity index (χ1n) is 13.9. The Balaban J connectivity index is 1.19. The minimum absolute atomic E-state index is 0.0986. The standard InChI is InChI=1S/C32H31FN4O5S/c1-20-13-22-15-24(16-23(22)17-25(20)19-43(39,40)36-9-11-41-12-10-36)31(38)27-18-35-37(32(27)34)29-8-7-26(14-21(29)2)42-30-6-4-3-5-28(30)33/h3-8,13-15,17-18H,9-12,16,19,34H2,1-2H3. The second-order valence-electron chi connectivity index (χ2n) is 10.8. The molecule has 0 bridgehead atoms. The second-order valence-corrected chi connectivity index (χ2v) is 12.7. The first kappa shape index (κ1) is 28.8. The highest BCUT2D eigenvalue weighted by Crippen LogP contribution is 2.33. The van der Waals surface area contributed by atoms with Crippen LogP contribution in [0.4, 0.5) is 10.2 Å². The van der Waals surface area contributed by atoms with Crippen LogP contribution in [0, 0.1) is 19.7 Å². The third-order valence-electron chi connectivity index (χ3n) is 7.81. The van der Waals surface area contributed by atoms with Gasteiger partial charge in [-0.25, -0.2) is 17.5 Å². The van der Waals surface area contributed by atoms with E-state index in [0.29, 0.717) is 49.7 Å². The Labute approximate surface area is 249 Å². The largest absolute Gasteiger partial charge is 0.454 e. The molecule has 9 nitrogen and oxygen atoms in total. The molecule has 0 spiro atoms. The summed E-state index contributed by atoms with van der Waals surface area (Å²) >= 11 is 0. The summed E-state index contributed by atoms with van der Waals surface area (Å²) in [6.07, 6.45) is 3.66. The van der Waals surface area contributed by atoms with Crippen LogP contribution in [0.25, 0.3) is 11.8 Å². The SMILES string of the molecule is Cc1cc2c(cc1CS(=O)(=O)N1CCOCC1)CC(C(=O)c1cnn(-c3ccc(Oc4ccccc4F)cc3C)c1N)=C2. The maximum Gasteiger partial charge on any atom is 0.218 e. The summed E-state index contributed by atoms with van der Waals surface area (Å²) in [5.41, 5.74) is 12.1. The lowest BCUT2D eigenvalue weighted by molar-refractivity contribution is 0.0729. The van der Waals surface area contributed by atoms with Gasteiger partial charge in [-0.05, 0) is 78.1 Å². The van der Waals surface area contributed by atoms with Gasteiger partial charge >= 0.3 is 0 Å². The van der Waals surface area contributed by atoms with Crippen LogP contribution in [-0.4, -0.2) is 54.6 Å². The Morgan fingerprint density at radius 2 is 1.84 bits per heavy atom. The van der Waals surface area contributed by atoms with E-state index < -0.39 is 15.8 Å². The highest BCUT2D eigenvalue weighted by atomic mass is 32.2. The number of aromatic nitrogens is 2. The summed E-state index contributed by atoms with van der Waals surface area (Å²) in [7, 11) is -3.49. The van der Waals surface area contributed by atoms with Crippen molar-refractivity contribution >= 4 is 27.7 Å². The van der Waals surface area contributed by atoms with Crippen molar-refractivity contribution in [1.82, 2.24) is 14.1 Å². The monoisotopic (exact) mass is 602 g/mol. The van der Waals surface area contributed by atoms with Crippen LogP contribution in [0.5, 0.6) is 11.5 Å². The van der Waals surface area contributed by atoms with Crippen molar-refractivity contribution in [1.29, 1.82) is 0 Å². The van der Waals surface area contributed by atoms with Crippen molar-refractivity contribution < 1.29 is 27.1 Å². The summed E-state index contributed by atoms with van der Waals surface area (Å²) in [5, 5.41) is 4.39. The number of para-hydroxylation sites is 1. The molecule has 0 amide bonds. The van der Waals surface area contributed by atoms with Crippen LogP contribution in [0.2, 0.25) is 0 Å². The molecule has 222 valence electrons. The minimum atomic E-state index is -3.49. The average Bonchev–Trinajstić information content (AvgIpc) is 3.57. The molecule has 43 heavy (non-hydrogen) atoms. The van der Waals surface area contributed by atoms with Gasteiger partial charge in [0.15, 0.2) is 17.3 Å². The molecule has 11 heteroatoms. The summed E-state index contributed by atoms with van der Waals surface area (Å²) in [6, 6.07) is 15.2.